The summed E-state index contributed by atoms with van der Waals surface area (Å²) in [4.78, 5) is 12.4. The van der Waals surface area contributed by atoms with Crippen molar-refractivity contribution in [3.05, 3.63) is 54.1 Å². The van der Waals surface area contributed by atoms with Crippen LogP contribution in [0, 0.1) is 0 Å². The van der Waals surface area contributed by atoms with Crippen molar-refractivity contribution in [1.82, 2.24) is 5.32 Å². The lowest BCUT2D eigenvalue weighted by molar-refractivity contribution is -0.119. The van der Waals surface area contributed by atoms with Gasteiger partial charge in [0.1, 0.15) is 24.7 Å². The highest BCUT2D eigenvalue weighted by Crippen LogP contribution is 2.30. The first-order chi connectivity index (χ1) is 14.0. The number of carbonyl (C=O) groups excluding carboxylic acids is 1. The van der Waals surface area contributed by atoms with E-state index in [0.29, 0.717) is 11.4 Å². The van der Waals surface area contributed by atoms with Crippen LogP contribution in [0.1, 0.15) is 26.3 Å². The second kappa shape index (κ2) is 9.84. The molecule has 7 nitrogen and oxygen atoms in total. The molecule has 2 aromatic carbocycles. The number of nitrogens with one attached hydrogen (secondary N) is 1. The monoisotopic (exact) mass is 434 g/mol. The standard InChI is InChI=1S/C22H30N2O5S/c1-22(2,3)19-11-6-7-12-20(19)29-14-13-23-21(25)16-24(30(5,26)27)17-9-8-10-18(15-17)28-4/h6-12,15H,13-14,16H2,1-5H3,(H,23,25). The summed E-state index contributed by atoms with van der Waals surface area (Å²) >= 11 is 0. The average Bonchev–Trinajstić information content (AvgIpc) is 2.68. The van der Waals surface area contributed by atoms with Gasteiger partial charge in [0.2, 0.25) is 15.9 Å². The van der Waals surface area contributed by atoms with Gasteiger partial charge in [-0.25, -0.2) is 8.42 Å². The third kappa shape index (κ3) is 6.66. The van der Waals surface area contributed by atoms with Gasteiger partial charge in [0.25, 0.3) is 0 Å². The third-order valence-electron chi connectivity index (χ3n) is 4.41. The summed E-state index contributed by atoms with van der Waals surface area (Å²) in [6.45, 7) is 6.52. The van der Waals surface area contributed by atoms with Gasteiger partial charge in [-0.15, -0.1) is 0 Å². The first-order valence-electron chi connectivity index (χ1n) is 9.63. The molecule has 0 saturated carbocycles. The van der Waals surface area contributed by atoms with Crippen LogP contribution in [0.4, 0.5) is 5.69 Å². The van der Waals surface area contributed by atoms with Crippen LogP contribution in [-0.4, -0.2) is 47.4 Å². The smallest absolute Gasteiger partial charge is 0.240 e. The number of rotatable bonds is 9. The maximum absolute atomic E-state index is 12.4. The fourth-order valence-corrected chi connectivity index (χ4v) is 3.76. The van der Waals surface area contributed by atoms with E-state index in [9.17, 15) is 13.2 Å². The largest absolute Gasteiger partial charge is 0.497 e. The molecule has 0 aliphatic rings. The molecule has 0 atom stereocenters. The Morgan fingerprint density at radius 2 is 1.80 bits per heavy atom. The minimum atomic E-state index is -3.65. The van der Waals surface area contributed by atoms with Crippen molar-refractivity contribution in [1.29, 1.82) is 0 Å². The van der Waals surface area contributed by atoms with Crippen LogP contribution in [0.25, 0.3) is 0 Å². The van der Waals surface area contributed by atoms with E-state index in [2.05, 4.69) is 26.1 Å². The molecule has 2 rings (SSSR count). The topological polar surface area (TPSA) is 84.9 Å². The Hall–Kier alpha value is -2.74. The highest BCUT2D eigenvalue weighted by atomic mass is 32.2. The second-order valence-corrected chi connectivity index (χ2v) is 9.82. The molecule has 0 aromatic heterocycles. The summed E-state index contributed by atoms with van der Waals surface area (Å²) in [6, 6.07) is 14.4. The number of benzene rings is 2. The van der Waals surface area contributed by atoms with Gasteiger partial charge < -0.3 is 14.8 Å². The zero-order valence-electron chi connectivity index (χ0n) is 18.1. The maximum atomic E-state index is 12.4. The van der Waals surface area contributed by atoms with Crippen LogP contribution in [-0.2, 0) is 20.2 Å². The molecule has 0 fully saturated rings. The Labute approximate surface area is 179 Å². The molecule has 0 spiro atoms. The molecule has 1 amide bonds. The Morgan fingerprint density at radius 3 is 2.43 bits per heavy atom. The van der Waals surface area contributed by atoms with Crippen molar-refractivity contribution in [2.24, 2.45) is 0 Å². The van der Waals surface area contributed by atoms with Gasteiger partial charge in [0, 0.05) is 6.07 Å². The van der Waals surface area contributed by atoms with E-state index in [-0.39, 0.29) is 25.1 Å². The van der Waals surface area contributed by atoms with Crippen molar-refractivity contribution in [2.45, 2.75) is 26.2 Å². The molecule has 1 N–H and O–H groups in total. The summed E-state index contributed by atoms with van der Waals surface area (Å²) in [5, 5.41) is 2.71. The number of hydrogen-bond donors (Lipinski definition) is 1. The van der Waals surface area contributed by atoms with E-state index in [1.165, 1.54) is 7.11 Å². The van der Waals surface area contributed by atoms with Crippen LogP contribution in [0.5, 0.6) is 11.5 Å². The van der Waals surface area contributed by atoms with Gasteiger partial charge in [-0.1, -0.05) is 45.0 Å². The van der Waals surface area contributed by atoms with Crippen LogP contribution in [0.3, 0.4) is 0 Å². The number of amides is 1. The Kier molecular flexibility index (Phi) is 7.72. The summed E-state index contributed by atoms with van der Waals surface area (Å²) in [5.41, 5.74) is 1.38. The van der Waals surface area contributed by atoms with Gasteiger partial charge in [0.05, 0.1) is 25.6 Å². The third-order valence-corrected chi connectivity index (χ3v) is 5.55. The first-order valence-corrected chi connectivity index (χ1v) is 11.5. The number of methoxy groups -OCH3 is 1. The van der Waals surface area contributed by atoms with Gasteiger partial charge in [-0.3, -0.25) is 9.10 Å². The molecule has 30 heavy (non-hydrogen) atoms. The predicted octanol–water partition coefficient (Wildman–Crippen LogP) is 2.95. The SMILES string of the molecule is COc1cccc(N(CC(=O)NCCOc2ccccc2C(C)(C)C)S(C)(=O)=O)c1. The minimum Gasteiger partial charge on any atom is -0.497 e. The van der Waals surface area contributed by atoms with E-state index < -0.39 is 15.9 Å². The van der Waals surface area contributed by atoms with E-state index in [1.54, 1.807) is 24.3 Å². The minimum absolute atomic E-state index is 0.0629. The van der Waals surface area contributed by atoms with Crippen molar-refractivity contribution in [2.75, 3.05) is 37.4 Å². The lowest BCUT2D eigenvalue weighted by Gasteiger charge is -2.23. The summed E-state index contributed by atoms with van der Waals surface area (Å²) in [5.74, 6) is 0.858. The lowest BCUT2D eigenvalue weighted by Crippen LogP contribution is -2.41. The van der Waals surface area contributed by atoms with Crippen LogP contribution in [0.2, 0.25) is 0 Å². The predicted molar refractivity (Wildman–Crippen MR) is 119 cm³/mol. The second-order valence-electron chi connectivity index (χ2n) is 7.92. The van der Waals surface area contributed by atoms with E-state index in [0.717, 1.165) is 21.9 Å². The Morgan fingerprint density at radius 1 is 1.10 bits per heavy atom. The Balaban J connectivity index is 1.96. The number of hydrogen-bond acceptors (Lipinski definition) is 5. The number of sulfonamides is 1. The van der Waals surface area contributed by atoms with Gasteiger partial charge in [-0.2, -0.15) is 0 Å². The summed E-state index contributed by atoms with van der Waals surface area (Å²) < 4.78 is 36.4. The molecule has 0 unspecified atom stereocenters. The van der Waals surface area contributed by atoms with Gasteiger partial charge in [0.15, 0.2) is 0 Å². The quantitative estimate of drug-likeness (QED) is 0.614. The number of ether oxygens (including phenoxy) is 2. The van der Waals surface area contributed by atoms with Crippen LogP contribution >= 0.6 is 0 Å². The average molecular weight is 435 g/mol. The van der Waals surface area contributed by atoms with Crippen molar-refractivity contribution in [3.63, 3.8) is 0 Å². The number of nitrogens with zero attached hydrogens (tertiary/aromatic N) is 1. The molecule has 0 aliphatic carbocycles. The molecule has 8 heteroatoms. The molecule has 0 saturated heterocycles. The van der Waals surface area contributed by atoms with Gasteiger partial charge in [-0.05, 0) is 29.2 Å². The van der Waals surface area contributed by atoms with Crippen molar-refractivity contribution in [3.8, 4) is 11.5 Å². The molecular formula is C22H30N2O5S. The highest BCUT2D eigenvalue weighted by Gasteiger charge is 2.21. The molecule has 0 aliphatic heterocycles. The molecule has 0 heterocycles. The fourth-order valence-electron chi connectivity index (χ4n) is 2.92. The Bertz CT molecular complexity index is 967. The zero-order valence-corrected chi connectivity index (χ0v) is 19.0. The van der Waals surface area contributed by atoms with Crippen LogP contribution < -0.4 is 19.1 Å². The number of para-hydroxylation sites is 1. The first kappa shape index (κ1) is 23.5. The number of anilines is 1. The van der Waals surface area contributed by atoms with Crippen molar-refractivity contribution >= 4 is 21.6 Å². The highest BCUT2D eigenvalue weighted by molar-refractivity contribution is 7.92. The van der Waals surface area contributed by atoms with Gasteiger partial charge >= 0.3 is 0 Å². The fraction of sp³-hybridized carbons (Fsp3) is 0.409. The molecule has 164 valence electrons. The van der Waals surface area contributed by atoms with E-state index in [1.807, 2.05) is 24.3 Å². The van der Waals surface area contributed by atoms with E-state index >= 15 is 0 Å². The molecule has 0 radical (unpaired) electrons. The zero-order chi connectivity index (χ0) is 22.4. The molecule has 2 aromatic rings. The number of carbonyl (C=O) groups is 1. The van der Waals surface area contributed by atoms with Crippen molar-refractivity contribution < 1.29 is 22.7 Å². The molecular weight excluding hydrogens is 404 g/mol. The summed E-state index contributed by atoms with van der Waals surface area (Å²) in [6.07, 6.45) is 1.06. The van der Waals surface area contributed by atoms with Crippen LogP contribution in [0.15, 0.2) is 48.5 Å². The molecule has 0 bridgehead atoms. The lowest BCUT2D eigenvalue weighted by atomic mass is 9.86. The van der Waals surface area contributed by atoms with E-state index in [4.69, 9.17) is 9.47 Å². The maximum Gasteiger partial charge on any atom is 0.240 e. The summed E-state index contributed by atoms with van der Waals surface area (Å²) in [7, 11) is -2.15. The normalized spacial score (nSPS) is 11.6.